The summed E-state index contributed by atoms with van der Waals surface area (Å²) in [5, 5.41) is 2.08. The molecule has 3 aromatic rings. The molecule has 0 saturated heterocycles. The van der Waals surface area contributed by atoms with E-state index in [9.17, 15) is 9.59 Å². The van der Waals surface area contributed by atoms with Gasteiger partial charge in [-0.2, -0.15) is 0 Å². The second-order valence-electron chi connectivity index (χ2n) is 9.17. The number of fused-ring (bicyclic) bond motifs is 1. The summed E-state index contributed by atoms with van der Waals surface area (Å²) in [5.41, 5.74) is 4.02. The average Bonchev–Trinajstić information content (AvgIpc) is 3.31. The number of nitrogens with zero attached hydrogens (tertiary/aromatic N) is 2. The van der Waals surface area contributed by atoms with E-state index in [4.69, 9.17) is 4.74 Å². The maximum Gasteiger partial charge on any atom is 0.254 e. The number of carbonyl (C=O) groups is 2. The van der Waals surface area contributed by atoms with Crippen molar-refractivity contribution in [2.24, 2.45) is 0 Å². The molecule has 34 heavy (non-hydrogen) atoms. The SMILES string of the molecule is Cc1ccc(OC[C@H]2c3ccsc3CCN2C(=O)CN(C(=O)c2ccc(C)cc2)C(C)C)cc1. The van der Waals surface area contributed by atoms with E-state index >= 15 is 0 Å². The van der Waals surface area contributed by atoms with Crippen LogP contribution in [-0.4, -0.2) is 47.4 Å². The van der Waals surface area contributed by atoms with Crippen molar-refractivity contribution in [2.45, 2.75) is 46.2 Å². The minimum Gasteiger partial charge on any atom is -0.491 e. The second-order valence-corrected chi connectivity index (χ2v) is 10.2. The number of ether oxygens (including phenoxy) is 1. The molecule has 0 unspecified atom stereocenters. The van der Waals surface area contributed by atoms with E-state index < -0.39 is 0 Å². The van der Waals surface area contributed by atoms with Gasteiger partial charge >= 0.3 is 0 Å². The van der Waals surface area contributed by atoms with Gasteiger partial charge in [-0.15, -0.1) is 11.3 Å². The first-order chi connectivity index (χ1) is 16.3. The smallest absolute Gasteiger partial charge is 0.254 e. The molecule has 178 valence electrons. The zero-order chi connectivity index (χ0) is 24.2. The fourth-order valence-electron chi connectivity index (χ4n) is 4.27. The zero-order valence-corrected chi connectivity index (χ0v) is 21.1. The van der Waals surface area contributed by atoms with Crippen molar-refractivity contribution in [2.75, 3.05) is 19.7 Å². The van der Waals surface area contributed by atoms with Crippen molar-refractivity contribution in [1.29, 1.82) is 0 Å². The van der Waals surface area contributed by atoms with E-state index in [0.29, 0.717) is 18.7 Å². The fourth-order valence-corrected chi connectivity index (χ4v) is 5.20. The highest BCUT2D eigenvalue weighted by Crippen LogP contribution is 2.34. The number of carbonyl (C=O) groups excluding carboxylic acids is 2. The molecule has 0 spiro atoms. The van der Waals surface area contributed by atoms with Crippen molar-refractivity contribution < 1.29 is 14.3 Å². The summed E-state index contributed by atoms with van der Waals surface area (Å²) < 4.78 is 6.12. The molecule has 0 saturated carbocycles. The highest BCUT2D eigenvalue weighted by molar-refractivity contribution is 7.10. The van der Waals surface area contributed by atoms with Crippen LogP contribution in [0.1, 0.15) is 51.8 Å². The Kier molecular flexibility index (Phi) is 7.37. The maximum atomic E-state index is 13.6. The Morgan fingerprint density at radius 1 is 1.03 bits per heavy atom. The molecule has 6 heteroatoms. The van der Waals surface area contributed by atoms with Crippen molar-refractivity contribution in [3.8, 4) is 5.75 Å². The van der Waals surface area contributed by atoms with Crippen LogP contribution >= 0.6 is 11.3 Å². The second kappa shape index (κ2) is 10.4. The molecule has 0 fully saturated rings. The Labute approximate surface area is 206 Å². The first-order valence-corrected chi connectivity index (χ1v) is 12.6. The Morgan fingerprint density at radius 3 is 2.32 bits per heavy atom. The van der Waals surface area contributed by atoms with Crippen molar-refractivity contribution in [3.05, 3.63) is 87.1 Å². The molecule has 1 atom stereocenters. The van der Waals surface area contributed by atoms with Gasteiger partial charge in [-0.25, -0.2) is 0 Å². The molecular weight excluding hydrogens is 444 g/mol. The molecule has 2 heterocycles. The molecule has 0 aliphatic carbocycles. The summed E-state index contributed by atoms with van der Waals surface area (Å²) in [6, 6.07) is 17.3. The quantitative estimate of drug-likeness (QED) is 0.457. The number of rotatable bonds is 7. The van der Waals surface area contributed by atoms with Gasteiger partial charge in [0.1, 0.15) is 18.9 Å². The maximum absolute atomic E-state index is 13.6. The lowest BCUT2D eigenvalue weighted by atomic mass is 10.00. The first-order valence-electron chi connectivity index (χ1n) is 11.8. The standard InChI is InChI=1S/C28H32N2O3S/c1-19(2)30(28(32)22-9-5-20(3)6-10-22)17-27(31)29-15-13-26-24(14-16-34-26)25(29)18-33-23-11-7-21(4)8-12-23/h5-12,14,16,19,25H,13,15,17-18H2,1-4H3/t25-/m0/s1. The van der Waals surface area contributed by atoms with Gasteiger partial charge in [0, 0.05) is 23.0 Å². The van der Waals surface area contributed by atoms with Crippen LogP contribution in [0.5, 0.6) is 5.75 Å². The van der Waals surface area contributed by atoms with Crippen LogP contribution in [-0.2, 0) is 11.2 Å². The third-order valence-electron chi connectivity index (χ3n) is 6.33. The molecule has 1 aromatic heterocycles. The van der Waals surface area contributed by atoms with Crippen molar-refractivity contribution >= 4 is 23.2 Å². The number of thiophene rings is 1. The number of benzene rings is 2. The van der Waals surface area contributed by atoms with E-state index in [2.05, 4.69) is 11.4 Å². The molecule has 0 bridgehead atoms. The van der Waals surface area contributed by atoms with Crippen LogP contribution < -0.4 is 4.74 Å². The predicted octanol–water partition coefficient (Wildman–Crippen LogP) is 5.42. The molecule has 4 rings (SSSR count). The van der Waals surface area contributed by atoms with Crippen LogP contribution in [0.25, 0.3) is 0 Å². The van der Waals surface area contributed by atoms with Gasteiger partial charge in [0.2, 0.25) is 5.91 Å². The Morgan fingerprint density at radius 2 is 1.68 bits per heavy atom. The zero-order valence-electron chi connectivity index (χ0n) is 20.3. The first kappa shape index (κ1) is 24.0. The lowest BCUT2D eigenvalue weighted by Gasteiger charge is -2.37. The largest absolute Gasteiger partial charge is 0.491 e. The highest BCUT2D eigenvalue weighted by atomic mass is 32.1. The summed E-state index contributed by atoms with van der Waals surface area (Å²) in [4.78, 5) is 31.7. The molecule has 1 aliphatic heterocycles. The topological polar surface area (TPSA) is 49.9 Å². The summed E-state index contributed by atoms with van der Waals surface area (Å²) in [7, 11) is 0. The highest BCUT2D eigenvalue weighted by Gasteiger charge is 2.34. The third-order valence-corrected chi connectivity index (χ3v) is 7.33. The average molecular weight is 477 g/mol. The minimum absolute atomic E-state index is 0.0465. The molecule has 0 N–H and O–H groups in total. The minimum atomic E-state index is -0.174. The van der Waals surface area contributed by atoms with E-state index in [1.165, 1.54) is 10.4 Å². The number of amides is 2. The van der Waals surface area contributed by atoms with Crippen LogP contribution in [0, 0.1) is 13.8 Å². The van der Waals surface area contributed by atoms with E-state index in [1.807, 2.05) is 81.1 Å². The molecule has 2 amide bonds. The number of hydrogen-bond acceptors (Lipinski definition) is 4. The van der Waals surface area contributed by atoms with Crippen LogP contribution in [0.2, 0.25) is 0 Å². The van der Waals surface area contributed by atoms with E-state index in [-0.39, 0.29) is 30.4 Å². The van der Waals surface area contributed by atoms with E-state index in [0.717, 1.165) is 23.3 Å². The van der Waals surface area contributed by atoms with Crippen LogP contribution in [0.3, 0.4) is 0 Å². The van der Waals surface area contributed by atoms with Gasteiger partial charge < -0.3 is 14.5 Å². The Balaban J connectivity index is 1.52. The normalized spacial score (nSPS) is 15.2. The summed E-state index contributed by atoms with van der Waals surface area (Å²) in [5.74, 6) is 0.617. The van der Waals surface area contributed by atoms with Gasteiger partial charge in [-0.1, -0.05) is 35.4 Å². The number of hydrogen-bond donors (Lipinski definition) is 0. The number of aryl methyl sites for hydroxylation is 2. The van der Waals surface area contributed by atoms with Crippen molar-refractivity contribution in [1.82, 2.24) is 9.80 Å². The van der Waals surface area contributed by atoms with Crippen LogP contribution in [0.4, 0.5) is 0 Å². The molecule has 2 aromatic carbocycles. The van der Waals surface area contributed by atoms with Crippen molar-refractivity contribution in [3.63, 3.8) is 0 Å². The lowest BCUT2D eigenvalue weighted by molar-refractivity contribution is -0.136. The van der Waals surface area contributed by atoms with Crippen LogP contribution in [0.15, 0.2) is 60.0 Å². The summed E-state index contributed by atoms with van der Waals surface area (Å²) >= 11 is 1.73. The van der Waals surface area contributed by atoms with Gasteiger partial charge in [-0.05, 0) is 75.4 Å². The molecule has 5 nitrogen and oxygen atoms in total. The molecular formula is C28H32N2O3S. The summed E-state index contributed by atoms with van der Waals surface area (Å²) in [6.45, 7) is 8.98. The Hall–Kier alpha value is -3.12. The fraction of sp³-hybridized carbons (Fsp3) is 0.357. The van der Waals surface area contributed by atoms with Gasteiger partial charge in [0.25, 0.3) is 5.91 Å². The van der Waals surface area contributed by atoms with Gasteiger partial charge in [0.15, 0.2) is 0 Å². The lowest BCUT2D eigenvalue weighted by Crippen LogP contribution is -2.49. The van der Waals surface area contributed by atoms with E-state index in [1.54, 1.807) is 16.2 Å². The third kappa shape index (κ3) is 5.33. The molecule has 1 aliphatic rings. The summed E-state index contributed by atoms with van der Waals surface area (Å²) in [6.07, 6.45) is 0.827. The van der Waals surface area contributed by atoms with Gasteiger partial charge in [-0.3, -0.25) is 9.59 Å². The Bertz CT molecular complexity index is 1140. The van der Waals surface area contributed by atoms with Gasteiger partial charge in [0.05, 0.1) is 6.04 Å². The predicted molar refractivity (Wildman–Crippen MR) is 137 cm³/mol. The molecule has 0 radical (unpaired) electrons. The monoisotopic (exact) mass is 476 g/mol.